The maximum absolute atomic E-state index is 11.0. The zero-order chi connectivity index (χ0) is 8.97. The summed E-state index contributed by atoms with van der Waals surface area (Å²) >= 11 is 0. The molecule has 1 rings (SSSR count). The summed E-state index contributed by atoms with van der Waals surface area (Å²) < 4.78 is 0. The quantitative estimate of drug-likeness (QED) is 0.348. The fraction of sp³-hybridized carbons (Fsp3) is 0.500. The number of hydrogen-bond donors (Lipinski definition) is 0. The van der Waals surface area contributed by atoms with E-state index in [1.807, 2.05) is 0 Å². The summed E-state index contributed by atoms with van der Waals surface area (Å²) in [7, 11) is 0.0726. The molecule has 0 aliphatic carbocycles. The summed E-state index contributed by atoms with van der Waals surface area (Å²) in [6.45, 7) is 2.83. The minimum Gasteiger partial charge on any atom is -0.275 e. The van der Waals surface area contributed by atoms with E-state index in [2.05, 4.69) is 6.55 Å². The van der Waals surface area contributed by atoms with Crippen molar-refractivity contribution in [1.82, 2.24) is 4.90 Å². The first-order chi connectivity index (χ1) is 5.75. The molecule has 2 amide bonds. The van der Waals surface area contributed by atoms with Crippen molar-refractivity contribution in [2.45, 2.75) is 19.0 Å². The first kappa shape index (κ1) is 9.19. The van der Waals surface area contributed by atoms with Crippen molar-refractivity contribution >= 4 is 21.3 Å². The van der Waals surface area contributed by atoms with Gasteiger partial charge in [-0.3, -0.25) is 14.5 Å². The van der Waals surface area contributed by atoms with E-state index in [1.165, 1.54) is 23.1 Å². The van der Waals surface area contributed by atoms with E-state index in [1.54, 1.807) is 0 Å². The van der Waals surface area contributed by atoms with Crippen LogP contribution in [0.15, 0.2) is 12.2 Å². The minimum absolute atomic E-state index is 0.0726. The second kappa shape index (κ2) is 4.20. The number of hydrogen-bond acceptors (Lipinski definition) is 2. The van der Waals surface area contributed by atoms with Gasteiger partial charge in [0.15, 0.2) is 0 Å². The lowest BCUT2D eigenvalue weighted by Crippen LogP contribution is -2.30. The van der Waals surface area contributed by atoms with Crippen molar-refractivity contribution in [2.24, 2.45) is 0 Å². The minimum atomic E-state index is -0.155. The summed E-state index contributed by atoms with van der Waals surface area (Å²) in [6, 6.07) is 1.21. The van der Waals surface area contributed by atoms with E-state index in [0.717, 1.165) is 6.42 Å². The molecule has 3 nitrogen and oxygen atoms in total. The van der Waals surface area contributed by atoms with Gasteiger partial charge >= 0.3 is 0 Å². The SMILES string of the molecule is C[SiH2]CCCN1C(=O)C=CC1=O. The molecule has 0 fully saturated rings. The predicted octanol–water partition coefficient (Wildman–Crippen LogP) is -0.0633. The molecular weight excluding hydrogens is 170 g/mol. The van der Waals surface area contributed by atoms with E-state index < -0.39 is 0 Å². The Morgan fingerprint density at radius 3 is 2.42 bits per heavy atom. The van der Waals surface area contributed by atoms with Crippen molar-refractivity contribution in [1.29, 1.82) is 0 Å². The van der Waals surface area contributed by atoms with Gasteiger partial charge in [-0.15, -0.1) is 0 Å². The second-order valence-corrected chi connectivity index (χ2v) is 4.58. The summed E-state index contributed by atoms with van der Waals surface area (Å²) in [4.78, 5) is 23.3. The molecule has 1 aliphatic heterocycles. The van der Waals surface area contributed by atoms with Crippen LogP contribution >= 0.6 is 0 Å². The van der Waals surface area contributed by atoms with Gasteiger partial charge in [0.05, 0.1) is 0 Å². The van der Waals surface area contributed by atoms with Gasteiger partial charge in [0, 0.05) is 28.2 Å². The van der Waals surface area contributed by atoms with Crippen molar-refractivity contribution in [3.8, 4) is 0 Å². The molecular formula is C8H13NO2Si. The van der Waals surface area contributed by atoms with Gasteiger partial charge in [-0.2, -0.15) is 0 Å². The molecule has 0 saturated heterocycles. The lowest BCUT2D eigenvalue weighted by atomic mass is 10.4. The van der Waals surface area contributed by atoms with E-state index >= 15 is 0 Å². The van der Waals surface area contributed by atoms with E-state index in [-0.39, 0.29) is 21.3 Å². The Hall–Kier alpha value is -0.903. The highest BCUT2D eigenvalue weighted by Gasteiger charge is 2.21. The average molecular weight is 183 g/mol. The Kier molecular flexibility index (Phi) is 3.22. The highest BCUT2D eigenvalue weighted by molar-refractivity contribution is 6.33. The molecule has 1 heterocycles. The van der Waals surface area contributed by atoms with Crippen LogP contribution in [0, 0.1) is 0 Å². The first-order valence-corrected chi connectivity index (χ1v) is 6.70. The van der Waals surface area contributed by atoms with Gasteiger partial charge < -0.3 is 0 Å². The molecule has 4 heteroatoms. The summed E-state index contributed by atoms with van der Waals surface area (Å²) in [5, 5.41) is 0. The van der Waals surface area contributed by atoms with Crippen LogP contribution in [0.4, 0.5) is 0 Å². The van der Waals surface area contributed by atoms with Gasteiger partial charge in [-0.05, 0) is 6.42 Å². The third-order valence-corrected chi connectivity index (χ3v) is 3.09. The fourth-order valence-corrected chi connectivity index (χ4v) is 1.90. The fourth-order valence-electron chi connectivity index (χ4n) is 1.17. The zero-order valence-electron chi connectivity index (χ0n) is 7.25. The van der Waals surface area contributed by atoms with Gasteiger partial charge in [0.25, 0.3) is 11.8 Å². The normalized spacial score (nSPS) is 17.2. The number of imide groups is 1. The Morgan fingerprint density at radius 2 is 1.92 bits per heavy atom. The molecule has 0 radical (unpaired) electrons. The monoisotopic (exact) mass is 183 g/mol. The molecule has 0 atom stereocenters. The summed E-state index contributed by atoms with van der Waals surface area (Å²) in [6.07, 6.45) is 3.65. The largest absolute Gasteiger partial charge is 0.275 e. The number of nitrogens with zero attached hydrogens (tertiary/aromatic N) is 1. The lowest BCUT2D eigenvalue weighted by Gasteiger charge is -2.12. The van der Waals surface area contributed by atoms with Crippen LogP contribution in [-0.4, -0.2) is 32.8 Å². The number of carbonyl (C=O) groups excluding carboxylic acids is 2. The maximum Gasteiger partial charge on any atom is 0.253 e. The maximum atomic E-state index is 11.0. The Labute approximate surface area is 74.3 Å². The van der Waals surface area contributed by atoms with Crippen LogP contribution < -0.4 is 0 Å². The molecule has 0 bridgehead atoms. The Balaban J connectivity index is 2.33. The molecule has 12 heavy (non-hydrogen) atoms. The zero-order valence-corrected chi connectivity index (χ0v) is 8.66. The van der Waals surface area contributed by atoms with Crippen LogP contribution in [0.5, 0.6) is 0 Å². The molecule has 66 valence electrons. The second-order valence-electron chi connectivity index (χ2n) is 2.87. The van der Waals surface area contributed by atoms with Crippen molar-refractivity contribution in [3.63, 3.8) is 0 Å². The van der Waals surface area contributed by atoms with Crippen LogP contribution in [0.25, 0.3) is 0 Å². The Morgan fingerprint density at radius 1 is 1.33 bits per heavy atom. The molecule has 0 aromatic heterocycles. The third kappa shape index (κ3) is 2.04. The third-order valence-electron chi connectivity index (χ3n) is 1.89. The molecule has 0 aromatic rings. The van der Waals surface area contributed by atoms with E-state index in [9.17, 15) is 9.59 Å². The molecule has 0 N–H and O–H groups in total. The lowest BCUT2D eigenvalue weighted by molar-refractivity contribution is -0.136. The van der Waals surface area contributed by atoms with Gasteiger partial charge in [-0.25, -0.2) is 0 Å². The van der Waals surface area contributed by atoms with Crippen LogP contribution in [0.3, 0.4) is 0 Å². The first-order valence-electron chi connectivity index (χ1n) is 4.29. The van der Waals surface area contributed by atoms with Gasteiger partial charge in [0.1, 0.15) is 0 Å². The van der Waals surface area contributed by atoms with Crippen LogP contribution in [0.2, 0.25) is 12.6 Å². The van der Waals surface area contributed by atoms with Crippen molar-refractivity contribution < 1.29 is 9.59 Å². The van der Waals surface area contributed by atoms with Crippen molar-refractivity contribution in [2.75, 3.05) is 6.54 Å². The molecule has 0 aromatic carbocycles. The predicted molar refractivity (Wildman–Crippen MR) is 49.7 cm³/mol. The van der Waals surface area contributed by atoms with Gasteiger partial charge in [-0.1, -0.05) is 12.6 Å². The molecule has 1 aliphatic rings. The number of carbonyl (C=O) groups is 2. The van der Waals surface area contributed by atoms with Crippen molar-refractivity contribution in [3.05, 3.63) is 12.2 Å². The summed E-state index contributed by atoms with van der Waals surface area (Å²) in [5.74, 6) is -0.310. The topological polar surface area (TPSA) is 37.4 Å². The van der Waals surface area contributed by atoms with Crippen LogP contribution in [-0.2, 0) is 9.59 Å². The number of amides is 2. The highest BCUT2D eigenvalue weighted by Crippen LogP contribution is 2.05. The van der Waals surface area contributed by atoms with E-state index in [0.29, 0.717) is 6.54 Å². The Bertz CT molecular complexity index is 207. The van der Waals surface area contributed by atoms with E-state index in [4.69, 9.17) is 0 Å². The average Bonchev–Trinajstić information content (AvgIpc) is 2.35. The van der Waals surface area contributed by atoms with Crippen LogP contribution in [0.1, 0.15) is 6.42 Å². The van der Waals surface area contributed by atoms with Gasteiger partial charge in [0.2, 0.25) is 0 Å². The summed E-state index contributed by atoms with van der Waals surface area (Å²) in [5.41, 5.74) is 0. The molecule has 0 spiro atoms. The smallest absolute Gasteiger partial charge is 0.253 e. The molecule has 0 saturated carbocycles. The number of rotatable bonds is 4. The molecule has 0 unspecified atom stereocenters. The standard InChI is InChI=1S/C8H13NO2Si/c1-12-6-2-5-9-7(10)3-4-8(9)11/h3-4H,2,5-6,12H2,1H3. The highest BCUT2D eigenvalue weighted by atomic mass is 28.2.